The second-order valence-corrected chi connectivity index (χ2v) is 4.88. The van der Waals surface area contributed by atoms with E-state index in [1.807, 2.05) is 5.38 Å². The monoisotopic (exact) mass is 274 g/mol. The summed E-state index contributed by atoms with van der Waals surface area (Å²) in [5.74, 6) is 5.67. The van der Waals surface area contributed by atoms with Gasteiger partial charge in [0.25, 0.3) is 5.91 Å². The smallest absolute Gasteiger partial charge is 0.254 e. The number of amides is 1. The fraction of sp³-hybridized carbons (Fsp3) is 0.231. The third kappa shape index (κ3) is 3.44. The molecule has 2 aromatic heterocycles. The Balaban J connectivity index is 2.04. The number of aromatic nitrogens is 2. The highest BCUT2D eigenvalue weighted by Crippen LogP contribution is 2.16. The number of hydrogen-bond donors (Lipinski definition) is 2. The van der Waals surface area contributed by atoms with Crippen molar-refractivity contribution in [2.75, 3.05) is 13.6 Å². The molecule has 2 aromatic rings. The maximum absolute atomic E-state index is 12.2. The average Bonchev–Trinajstić information content (AvgIpc) is 3.06. The van der Waals surface area contributed by atoms with Crippen molar-refractivity contribution in [2.45, 2.75) is 6.54 Å². The lowest BCUT2D eigenvalue weighted by Gasteiger charge is -2.14. The maximum Gasteiger partial charge on any atom is 0.254 e. The van der Waals surface area contributed by atoms with Gasteiger partial charge in [-0.2, -0.15) is 5.10 Å². The standard InChI is InChI=1S/C13H14N4OS/c1-17(8-10-6-15-16-7-10)13(18)11-5-12(19-9-11)3-2-4-14/h5-7,9H,4,8,14H2,1H3,(H,15,16). The molecule has 0 saturated carbocycles. The van der Waals surface area contributed by atoms with Crippen molar-refractivity contribution in [3.8, 4) is 11.8 Å². The summed E-state index contributed by atoms with van der Waals surface area (Å²) in [5, 5.41) is 8.39. The van der Waals surface area contributed by atoms with Gasteiger partial charge < -0.3 is 10.6 Å². The topological polar surface area (TPSA) is 75.0 Å². The average molecular weight is 274 g/mol. The van der Waals surface area contributed by atoms with Crippen LogP contribution in [0.4, 0.5) is 0 Å². The summed E-state index contributed by atoms with van der Waals surface area (Å²) in [7, 11) is 1.76. The number of carbonyl (C=O) groups excluding carboxylic acids is 1. The fourth-order valence-corrected chi connectivity index (χ4v) is 2.33. The zero-order chi connectivity index (χ0) is 13.7. The van der Waals surface area contributed by atoms with Gasteiger partial charge in [0.2, 0.25) is 0 Å². The molecule has 0 aliphatic carbocycles. The molecule has 0 saturated heterocycles. The van der Waals surface area contributed by atoms with Gasteiger partial charge in [0.15, 0.2) is 0 Å². The predicted molar refractivity (Wildman–Crippen MR) is 74.6 cm³/mol. The number of hydrogen-bond acceptors (Lipinski definition) is 4. The Kier molecular flexibility index (Phi) is 4.34. The second kappa shape index (κ2) is 6.18. The van der Waals surface area contributed by atoms with Crippen LogP contribution < -0.4 is 5.73 Å². The molecule has 0 fully saturated rings. The van der Waals surface area contributed by atoms with Crippen LogP contribution in [0.15, 0.2) is 23.8 Å². The third-order valence-electron chi connectivity index (χ3n) is 2.48. The molecule has 0 aromatic carbocycles. The Labute approximate surface area is 115 Å². The van der Waals surface area contributed by atoms with Crippen LogP contribution in [0.1, 0.15) is 20.8 Å². The Morgan fingerprint density at radius 3 is 3.16 bits per heavy atom. The molecular formula is C13H14N4OS. The molecule has 0 radical (unpaired) electrons. The molecule has 6 heteroatoms. The normalized spacial score (nSPS) is 9.79. The lowest BCUT2D eigenvalue weighted by molar-refractivity contribution is 0.0785. The molecule has 0 bridgehead atoms. The molecule has 3 N–H and O–H groups in total. The highest BCUT2D eigenvalue weighted by Gasteiger charge is 2.13. The summed E-state index contributed by atoms with van der Waals surface area (Å²) in [6, 6.07) is 1.79. The van der Waals surface area contributed by atoms with Crippen molar-refractivity contribution in [3.63, 3.8) is 0 Å². The Bertz CT molecular complexity index is 606. The number of carbonyl (C=O) groups is 1. The van der Waals surface area contributed by atoms with Crippen LogP contribution in [0.2, 0.25) is 0 Å². The summed E-state index contributed by atoms with van der Waals surface area (Å²) in [4.78, 5) is 14.7. The minimum atomic E-state index is -0.0294. The van der Waals surface area contributed by atoms with E-state index >= 15 is 0 Å². The van der Waals surface area contributed by atoms with Gasteiger partial charge in [-0.1, -0.05) is 11.8 Å². The van der Waals surface area contributed by atoms with Crippen molar-refractivity contribution >= 4 is 17.2 Å². The van der Waals surface area contributed by atoms with E-state index in [1.54, 1.807) is 30.4 Å². The molecule has 5 nitrogen and oxygen atoms in total. The number of rotatable bonds is 3. The molecule has 2 rings (SSSR count). The molecule has 0 spiro atoms. The number of H-pyrrole nitrogens is 1. The van der Waals surface area contributed by atoms with Crippen LogP contribution in [0.3, 0.4) is 0 Å². The molecule has 98 valence electrons. The van der Waals surface area contributed by atoms with Crippen LogP contribution in [0.25, 0.3) is 0 Å². The van der Waals surface area contributed by atoms with E-state index in [4.69, 9.17) is 5.73 Å². The summed E-state index contributed by atoms with van der Waals surface area (Å²) in [5.41, 5.74) is 6.93. The zero-order valence-corrected chi connectivity index (χ0v) is 11.3. The Hall–Kier alpha value is -2.10. The number of nitrogens with zero attached hydrogens (tertiary/aromatic N) is 2. The highest BCUT2D eigenvalue weighted by atomic mass is 32.1. The zero-order valence-electron chi connectivity index (χ0n) is 10.5. The minimum Gasteiger partial charge on any atom is -0.337 e. The number of aromatic amines is 1. The van der Waals surface area contributed by atoms with Gasteiger partial charge in [0.05, 0.1) is 23.2 Å². The van der Waals surface area contributed by atoms with Gasteiger partial charge in [0, 0.05) is 30.7 Å². The van der Waals surface area contributed by atoms with Crippen molar-refractivity contribution in [1.29, 1.82) is 0 Å². The van der Waals surface area contributed by atoms with E-state index in [0.717, 1.165) is 10.4 Å². The van der Waals surface area contributed by atoms with Crippen molar-refractivity contribution in [3.05, 3.63) is 39.8 Å². The molecule has 0 aliphatic rings. The molecule has 1 amide bonds. The van der Waals surface area contributed by atoms with Gasteiger partial charge in [-0.15, -0.1) is 11.3 Å². The first-order chi connectivity index (χ1) is 9.20. The first kappa shape index (κ1) is 13.3. The highest BCUT2D eigenvalue weighted by molar-refractivity contribution is 7.10. The predicted octanol–water partition coefficient (Wildman–Crippen LogP) is 1.05. The van der Waals surface area contributed by atoms with E-state index in [9.17, 15) is 4.79 Å². The second-order valence-electron chi connectivity index (χ2n) is 3.97. The molecule has 0 aliphatic heterocycles. The third-order valence-corrected chi connectivity index (χ3v) is 3.33. The van der Waals surface area contributed by atoms with Crippen LogP contribution in [-0.4, -0.2) is 34.6 Å². The SMILES string of the molecule is CN(Cc1cn[nH]c1)C(=O)c1csc(C#CCN)c1. The number of nitrogens with two attached hydrogens (primary N) is 1. The van der Waals surface area contributed by atoms with Crippen molar-refractivity contribution < 1.29 is 4.79 Å². The lowest BCUT2D eigenvalue weighted by atomic mass is 10.2. The van der Waals surface area contributed by atoms with E-state index in [0.29, 0.717) is 18.7 Å². The molecule has 0 unspecified atom stereocenters. The quantitative estimate of drug-likeness (QED) is 0.822. The summed E-state index contributed by atoms with van der Waals surface area (Å²) < 4.78 is 0. The number of thiophene rings is 1. The maximum atomic E-state index is 12.2. The lowest BCUT2D eigenvalue weighted by Crippen LogP contribution is -2.25. The number of nitrogens with one attached hydrogen (secondary N) is 1. The van der Waals surface area contributed by atoms with Crippen molar-refractivity contribution in [1.82, 2.24) is 15.1 Å². The van der Waals surface area contributed by atoms with E-state index in [1.165, 1.54) is 11.3 Å². The first-order valence-electron chi connectivity index (χ1n) is 5.71. The molecule has 2 heterocycles. The summed E-state index contributed by atoms with van der Waals surface area (Å²) >= 11 is 1.45. The van der Waals surface area contributed by atoms with Crippen LogP contribution in [-0.2, 0) is 6.54 Å². The minimum absolute atomic E-state index is 0.0294. The summed E-state index contributed by atoms with van der Waals surface area (Å²) in [6.07, 6.45) is 3.48. The van der Waals surface area contributed by atoms with E-state index < -0.39 is 0 Å². The van der Waals surface area contributed by atoms with Gasteiger partial charge in [0.1, 0.15) is 0 Å². The Morgan fingerprint density at radius 1 is 1.63 bits per heavy atom. The largest absolute Gasteiger partial charge is 0.337 e. The fourth-order valence-electron chi connectivity index (χ4n) is 1.58. The molecule has 19 heavy (non-hydrogen) atoms. The van der Waals surface area contributed by atoms with Gasteiger partial charge in [-0.05, 0) is 6.07 Å². The van der Waals surface area contributed by atoms with Gasteiger partial charge in [-0.25, -0.2) is 0 Å². The molecule has 0 atom stereocenters. The summed E-state index contributed by atoms with van der Waals surface area (Å²) in [6.45, 7) is 0.844. The molecular weight excluding hydrogens is 260 g/mol. The van der Waals surface area contributed by atoms with E-state index in [-0.39, 0.29) is 5.91 Å². The van der Waals surface area contributed by atoms with Crippen LogP contribution >= 0.6 is 11.3 Å². The van der Waals surface area contributed by atoms with Crippen LogP contribution in [0.5, 0.6) is 0 Å². The van der Waals surface area contributed by atoms with Gasteiger partial charge >= 0.3 is 0 Å². The first-order valence-corrected chi connectivity index (χ1v) is 6.59. The van der Waals surface area contributed by atoms with Crippen LogP contribution in [0, 0.1) is 11.8 Å². The van der Waals surface area contributed by atoms with E-state index in [2.05, 4.69) is 22.0 Å². The Morgan fingerprint density at radius 2 is 2.47 bits per heavy atom. The van der Waals surface area contributed by atoms with Crippen molar-refractivity contribution in [2.24, 2.45) is 5.73 Å². The van der Waals surface area contributed by atoms with Gasteiger partial charge in [-0.3, -0.25) is 9.89 Å².